The van der Waals surface area contributed by atoms with Crippen LogP contribution in [0.5, 0.6) is 0 Å². The van der Waals surface area contributed by atoms with Gasteiger partial charge in [-0.15, -0.1) is 11.6 Å². The van der Waals surface area contributed by atoms with Gasteiger partial charge in [-0.05, 0) is 33.1 Å². The molecule has 0 aliphatic carbocycles. The number of anilines is 1. The molecule has 19 heavy (non-hydrogen) atoms. The molecule has 1 fully saturated rings. The molecule has 1 aliphatic rings. The van der Waals surface area contributed by atoms with E-state index in [0.717, 1.165) is 30.3 Å². The zero-order chi connectivity index (χ0) is 14.0. The van der Waals surface area contributed by atoms with Crippen molar-refractivity contribution in [2.24, 2.45) is 0 Å². The van der Waals surface area contributed by atoms with Crippen LogP contribution < -0.4 is 4.90 Å². The minimum Gasteiger partial charge on any atom is -0.353 e. The minimum atomic E-state index is 0.220. The third-order valence-corrected chi connectivity index (χ3v) is 3.82. The molecule has 106 valence electrons. The molecule has 0 N–H and O–H groups in total. The number of rotatable bonds is 4. The van der Waals surface area contributed by atoms with Gasteiger partial charge in [0, 0.05) is 35.6 Å². The van der Waals surface area contributed by atoms with E-state index in [2.05, 4.69) is 36.7 Å². The van der Waals surface area contributed by atoms with Crippen LogP contribution in [0.25, 0.3) is 0 Å². The lowest BCUT2D eigenvalue weighted by Crippen LogP contribution is -2.32. The minimum absolute atomic E-state index is 0.220. The molecule has 1 aromatic heterocycles. The van der Waals surface area contributed by atoms with Crippen LogP contribution in [0.4, 0.5) is 5.82 Å². The lowest BCUT2D eigenvalue weighted by molar-refractivity contribution is 0.598. The van der Waals surface area contributed by atoms with Gasteiger partial charge < -0.3 is 4.90 Å². The van der Waals surface area contributed by atoms with E-state index in [4.69, 9.17) is 16.6 Å². The summed E-state index contributed by atoms with van der Waals surface area (Å²) in [5.41, 5.74) is 1.05. The van der Waals surface area contributed by atoms with E-state index >= 15 is 0 Å². The first-order chi connectivity index (χ1) is 8.97. The summed E-state index contributed by atoms with van der Waals surface area (Å²) < 4.78 is 0. The first-order valence-corrected chi connectivity index (χ1v) is 7.67. The van der Waals surface area contributed by atoms with Crippen molar-refractivity contribution < 1.29 is 0 Å². The molecule has 1 aliphatic heterocycles. The molecule has 2 atom stereocenters. The Hall–Kier alpha value is -0.830. The van der Waals surface area contributed by atoms with Crippen LogP contribution in [0.2, 0.25) is 0 Å². The largest absolute Gasteiger partial charge is 0.353 e. The summed E-state index contributed by atoms with van der Waals surface area (Å²) in [6.07, 6.45) is 3.48. The monoisotopic (exact) mass is 281 g/mol. The molecule has 0 bridgehead atoms. The quantitative estimate of drug-likeness (QED) is 0.784. The van der Waals surface area contributed by atoms with E-state index in [0.29, 0.717) is 12.0 Å². The van der Waals surface area contributed by atoms with Crippen molar-refractivity contribution in [1.29, 1.82) is 0 Å². The first kappa shape index (κ1) is 14.6. The highest BCUT2D eigenvalue weighted by atomic mass is 35.5. The fraction of sp³-hybridized carbons (Fsp3) is 0.733. The molecule has 2 rings (SSSR count). The highest BCUT2D eigenvalue weighted by Gasteiger charge is 2.27. The van der Waals surface area contributed by atoms with E-state index in [1.165, 1.54) is 12.8 Å². The maximum absolute atomic E-state index is 6.16. The van der Waals surface area contributed by atoms with Crippen molar-refractivity contribution >= 4 is 17.4 Å². The van der Waals surface area contributed by atoms with Crippen LogP contribution in [0.15, 0.2) is 6.07 Å². The third-order valence-electron chi connectivity index (χ3n) is 3.64. The topological polar surface area (TPSA) is 29.0 Å². The Morgan fingerprint density at radius 1 is 1.37 bits per heavy atom. The summed E-state index contributed by atoms with van der Waals surface area (Å²) in [5, 5.41) is 0.220. The molecule has 2 unspecified atom stereocenters. The number of hydrogen-bond acceptors (Lipinski definition) is 3. The van der Waals surface area contributed by atoms with Crippen LogP contribution in [0.1, 0.15) is 57.5 Å². The van der Waals surface area contributed by atoms with Gasteiger partial charge >= 0.3 is 0 Å². The van der Waals surface area contributed by atoms with Crippen LogP contribution >= 0.6 is 11.6 Å². The smallest absolute Gasteiger partial charge is 0.133 e. The molecule has 0 spiro atoms. The van der Waals surface area contributed by atoms with Crippen molar-refractivity contribution in [3.63, 3.8) is 0 Å². The number of aryl methyl sites for hydroxylation is 1. The molecule has 0 radical (unpaired) electrons. The highest BCUT2D eigenvalue weighted by molar-refractivity contribution is 6.20. The number of nitrogens with zero attached hydrogens (tertiary/aromatic N) is 3. The van der Waals surface area contributed by atoms with Gasteiger partial charge in [-0.2, -0.15) is 0 Å². The van der Waals surface area contributed by atoms with Gasteiger partial charge in [0.1, 0.15) is 11.6 Å². The first-order valence-electron chi connectivity index (χ1n) is 7.23. The zero-order valence-electron chi connectivity index (χ0n) is 12.4. The average molecular weight is 282 g/mol. The summed E-state index contributed by atoms with van der Waals surface area (Å²) in [4.78, 5) is 11.7. The molecular weight excluding hydrogens is 258 g/mol. The maximum Gasteiger partial charge on any atom is 0.133 e. The van der Waals surface area contributed by atoms with Crippen LogP contribution in [-0.2, 0) is 0 Å². The molecule has 0 saturated carbocycles. The molecule has 0 aromatic carbocycles. The second-order valence-electron chi connectivity index (χ2n) is 5.89. The van der Waals surface area contributed by atoms with Gasteiger partial charge in [-0.25, -0.2) is 9.97 Å². The van der Waals surface area contributed by atoms with Gasteiger partial charge in [0.2, 0.25) is 0 Å². The Bertz CT molecular complexity index is 431. The average Bonchev–Trinajstić information content (AvgIpc) is 2.75. The molecule has 4 heteroatoms. The second kappa shape index (κ2) is 6.08. The predicted molar refractivity (Wildman–Crippen MR) is 81.2 cm³/mol. The van der Waals surface area contributed by atoms with Crippen molar-refractivity contribution in [2.75, 3.05) is 11.4 Å². The van der Waals surface area contributed by atoms with Gasteiger partial charge in [0.25, 0.3) is 0 Å². The molecule has 0 amide bonds. The normalized spacial score (nSPS) is 21.2. The number of aromatic nitrogens is 2. The Morgan fingerprint density at radius 3 is 2.74 bits per heavy atom. The van der Waals surface area contributed by atoms with Crippen LogP contribution in [0.3, 0.4) is 0 Å². The van der Waals surface area contributed by atoms with Crippen molar-refractivity contribution in [2.45, 2.75) is 64.3 Å². The second-order valence-corrected chi connectivity index (χ2v) is 6.63. The molecule has 1 saturated heterocycles. The predicted octanol–water partition coefficient (Wildman–Crippen LogP) is 3.89. The van der Waals surface area contributed by atoms with Gasteiger partial charge in [0.15, 0.2) is 0 Å². The lowest BCUT2D eigenvalue weighted by Gasteiger charge is -2.27. The summed E-state index contributed by atoms with van der Waals surface area (Å²) in [6.45, 7) is 9.49. The standard InChI is InChI=1S/C15H24ClN3/c1-10(2)15-17-12(4)9-14(18-15)19-7-5-6-13(19)8-11(3)16/h9-11,13H,5-8H2,1-4H3. The Kier molecular flexibility index (Phi) is 4.67. The SMILES string of the molecule is Cc1cc(N2CCCC2CC(C)Cl)nc(C(C)C)n1. The van der Waals surface area contributed by atoms with Crippen LogP contribution in [0, 0.1) is 6.92 Å². The zero-order valence-corrected chi connectivity index (χ0v) is 13.1. The van der Waals surface area contributed by atoms with E-state index in [-0.39, 0.29) is 5.38 Å². The highest BCUT2D eigenvalue weighted by Crippen LogP contribution is 2.28. The third kappa shape index (κ3) is 3.59. The van der Waals surface area contributed by atoms with Crippen molar-refractivity contribution in [3.8, 4) is 0 Å². The van der Waals surface area contributed by atoms with E-state index in [9.17, 15) is 0 Å². The summed E-state index contributed by atoms with van der Waals surface area (Å²) >= 11 is 6.16. The number of hydrogen-bond donors (Lipinski definition) is 0. The lowest BCUT2D eigenvalue weighted by atomic mass is 10.1. The van der Waals surface area contributed by atoms with Gasteiger partial charge in [0.05, 0.1) is 0 Å². The van der Waals surface area contributed by atoms with E-state index < -0.39 is 0 Å². The molecular formula is C15H24ClN3. The fourth-order valence-electron chi connectivity index (χ4n) is 2.74. The molecule has 2 heterocycles. The van der Waals surface area contributed by atoms with Crippen LogP contribution in [-0.4, -0.2) is 27.9 Å². The Morgan fingerprint density at radius 2 is 2.11 bits per heavy atom. The van der Waals surface area contributed by atoms with E-state index in [1.807, 2.05) is 6.92 Å². The fourth-order valence-corrected chi connectivity index (χ4v) is 2.94. The Labute approximate surface area is 121 Å². The molecule has 1 aromatic rings. The number of alkyl halides is 1. The maximum atomic E-state index is 6.16. The number of halogens is 1. The summed E-state index contributed by atoms with van der Waals surface area (Å²) in [7, 11) is 0. The summed E-state index contributed by atoms with van der Waals surface area (Å²) in [5.74, 6) is 2.39. The molecule has 3 nitrogen and oxygen atoms in total. The van der Waals surface area contributed by atoms with Gasteiger partial charge in [-0.3, -0.25) is 0 Å². The van der Waals surface area contributed by atoms with Gasteiger partial charge in [-0.1, -0.05) is 13.8 Å². The van der Waals surface area contributed by atoms with Crippen molar-refractivity contribution in [3.05, 3.63) is 17.6 Å². The van der Waals surface area contributed by atoms with E-state index in [1.54, 1.807) is 0 Å². The van der Waals surface area contributed by atoms with Crippen molar-refractivity contribution in [1.82, 2.24) is 9.97 Å². The Balaban J connectivity index is 2.25. The summed E-state index contributed by atoms with van der Waals surface area (Å²) in [6, 6.07) is 2.63.